The highest BCUT2D eigenvalue weighted by Crippen LogP contribution is 2.33. The smallest absolute Gasteiger partial charge is 0.239 e. The normalized spacial score (nSPS) is 26.8. The van der Waals surface area contributed by atoms with Crippen LogP contribution in [0.15, 0.2) is 18.2 Å². The van der Waals surface area contributed by atoms with Crippen molar-refractivity contribution in [1.29, 1.82) is 0 Å². The molecule has 0 spiro atoms. The lowest BCUT2D eigenvalue weighted by atomic mass is 10.0. The zero-order valence-electron chi connectivity index (χ0n) is 11.1. The monoisotopic (exact) mass is 244 g/mol. The van der Waals surface area contributed by atoms with Crippen molar-refractivity contribution in [2.24, 2.45) is 0 Å². The number of likely N-dealkylation sites (tertiary alicyclic amines) is 1. The van der Waals surface area contributed by atoms with Gasteiger partial charge in [0.05, 0.1) is 6.04 Å². The molecule has 3 heteroatoms. The third-order valence-electron chi connectivity index (χ3n) is 4.33. The molecule has 2 unspecified atom stereocenters. The molecule has 1 saturated heterocycles. The lowest BCUT2D eigenvalue weighted by Gasteiger charge is -2.19. The van der Waals surface area contributed by atoms with Gasteiger partial charge in [0.1, 0.15) is 0 Å². The second kappa shape index (κ2) is 4.39. The minimum Gasteiger partial charge on any atom is -0.344 e. The maximum Gasteiger partial charge on any atom is 0.239 e. The quantitative estimate of drug-likeness (QED) is 0.860. The number of carbonyl (C=O) groups is 1. The number of nitrogens with one attached hydrogen (secondary N) is 1. The Bertz CT molecular complexity index is 483. The van der Waals surface area contributed by atoms with Gasteiger partial charge in [0.15, 0.2) is 0 Å². The van der Waals surface area contributed by atoms with Crippen LogP contribution in [0.25, 0.3) is 0 Å². The first-order valence-corrected chi connectivity index (χ1v) is 6.76. The lowest BCUT2D eigenvalue weighted by molar-refractivity contribution is -0.128. The van der Waals surface area contributed by atoms with Crippen molar-refractivity contribution in [2.45, 2.75) is 38.3 Å². The van der Waals surface area contributed by atoms with Crippen LogP contribution in [0.4, 0.5) is 0 Å². The van der Waals surface area contributed by atoms with E-state index in [9.17, 15) is 4.79 Å². The van der Waals surface area contributed by atoms with E-state index in [4.69, 9.17) is 0 Å². The average Bonchev–Trinajstić information content (AvgIpc) is 2.90. The van der Waals surface area contributed by atoms with Gasteiger partial charge in [0.25, 0.3) is 0 Å². The predicted molar refractivity (Wildman–Crippen MR) is 71.4 cm³/mol. The largest absolute Gasteiger partial charge is 0.344 e. The molecule has 3 nitrogen and oxygen atoms in total. The molecular formula is C15H20N2O. The first-order chi connectivity index (χ1) is 8.66. The number of hydrogen-bond donors (Lipinski definition) is 1. The molecule has 96 valence electrons. The number of carbonyl (C=O) groups excluding carboxylic acids is 1. The van der Waals surface area contributed by atoms with Crippen molar-refractivity contribution in [3.63, 3.8) is 0 Å². The van der Waals surface area contributed by atoms with Crippen LogP contribution >= 0.6 is 0 Å². The van der Waals surface area contributed by atoms with Crippen LogP contribution in [-0.4, -0.2) is 30.4 Å². The third-order valence-corrected chi connectivity index (χ3v) is 4.33. The number of amides is 1. The topological polar surface area (TPSA) is 32.3 Å². The van der Waals surface area contributed by atoms with Crippen molar-refractivity contribution in [3.05, 3.63) is 34.9 Å². The third kappa shape index (κ3) is 1.83. The highest BCUT2D eigenvalue weighted by molar-refractivity contribution is 5.83. The molecule has 1 aromatic carbocycles. The van der Waals surface area contributed by atoms with Crippen molar-refractivity contribution in [2.75, 3.05) is 13.6 Å². The maximum atomic E-state index is 11.9. The van der Waals surface area contributed by atoms with E-state index in [1.54, 1.807) is 0 Å². The maximum absolute atomic E-state index is 11.9. The van der Waals surface area contributed by atoms with Crippen LogP contribution in [0.3, 0.4) is 0 Å². The summed E-state index contributed by atoms with van der Waals surface area (Å²) in [4.78, 5) is 13.8. The van der Waals surface area contributed by atoms with Crippen LogP contribution in [-0.2, 0) is 11.2 Å². The molecule has 3 rings (SSSR count). The molecule has 2 aliphatic rings. The fourth-order valence-corrected chi connectivity index (χ4v) is 3.23. The zero-order chi connectivity index (χ0) is 12.7. The molecule has 1 aliphatic carbocycles. The summed E-state index contributed by atoms with van der Waals surface area (Å²) in [5.41, 5.74) is 4.26. The van der Waals surface area contributed by atoms with Gasteiger partial charge in [0.2, 0.25) is 5.91 Å². The Morgan fingerprint density at radius 2 is 2.11 bits per heavy atom. The Balaban J connectivity index is 1.77. The SMILES string of the molecule is Cc1cccc2c1CCC2NC1CCN(C)C1=O. The molecule has 0 aromatic heterocycles. The molecule has 0 radical (unpaired) electrons. The Morgan fingerprint density at radius 1 is 1.28 bits per heavy atom. The van der Waals surface area contributed by atoms with Crippen LogP contribution < -0.4 is 5.32 Å². The van der Waals surface area contributed by atoms with E-state index in [1.165, 1.54) is 16.7 Å². The number of rotatable bonds is 2. The number of fused-ring (bicyclic) bond motifs is 1. The minimum atomic E-state index is 0.0199. The number of benzene rings is 1. The van der Waals surface area contributed by atoms with Crippen molar-refractivity contribution >= 4 is 5.91 Å². The van der Waals surface area contributed by atoms with Crippen LogP contribution in [0.5, 0.6) is 0 Å². The number of hydrogen-bond acceptors (Lipinski definition) is 2. The summed E-state index contributed by atoms with van der Waals surface area (Å²) in [5.74, 6) is 0.246. The summed E-state index contributed by atoms with van der Waals surface area (Å²) in [7, 11) is 1.89. The summed E-state index contributed by atoms with van der Waals surface area (Å²) >= 11 is 0. The van der Waals surface area contributed by atoms with Gasteiger partial charge >= 0.3 is 0 Å². The van der Waals surface area contributed by atoms with E-state index in [2.05, 4.69) is 30.4 Å². The molecule has 0 bridgehead atoms. The second-order valence-electron chi connectivity index (χ2n) is 5.50. The van der Waals surface area contributed by atoms with E-state index < -0.39 is 0 Å². The van der Waals surface area contributed by atoms with Crippen molar-refractivity contribution < 1.29 is 4.79 Å². The lowest BCUT2D eigenvalue weighted by Crippen LogP contribution is -2.38. The number of nitrogens with zero attached hydrogens (tertiary/aromatic N) is 1. The van der Waals surface area contributed by atoms with Gasteiger partial charge in [-0.2, -0.15) is 0 Å². The van der Waals surface area contributed by atoms with Gasteiger partial charge in [0, 0.05) is 19.6 Å². The molecule has 1 fully saturated rings. The Labute approximate surface area is 108 Å². The van der Waals surface area contributed by atoms with Gasteiger partial charge in [-0.15, -0.1) is 0 Å². The number of likely N-dealkylation sites (N-methyl/N-ethyl adjacent to an activating group) is 1. The van der Waals surface area contributed by atoms with E-state index in [0.29, 0.717) is 6.04 Å². The van der Waals surface area contributed by atoms with Gasteiger partial charge in [-0.3, -0.25) is 10.1 Å². The standard InChI is InChI=1S/C15H20N2O/c1-10-4-3-5-12-11(10)6-7-13(12)16-14-8-9-17(2)15(14)18/h3-5,13-14,16H,6-9H2,1-2H3. The summed E-state index contributed by atoms with van der Waals surface area (Å²) in [6.45, 7) is 3.06. The van der Waals surface area contributed by atoms with Crippen LogP contribution in [0, 0.1) is 6.92 Å². The number of aryl methyl sites for hydroxylation is 1. The molecule has 1 aromatic rings. The Hall–Kier alpha value is -1.35. The van der Waals surface area contributed by atoms with E-state index in [0.717, 1.165) is 25.8 Å². The fourth-order valence-electron chi connectivity index (χ4n) is 3.23. The summed E-state index contributed by atoms with van der Waals surface area (Å²) < 4.78 is 0. The van der Waals surface area contributed by atoms with Gasteiger partial charge in [-0.25, -0.2) is 0 Å². The molecule has 18 heavy (non-hydrogen) atoms. The van der Waals surface area contributed by atoms with Crippen molar-refractivity contribution in [3.8, 4) is 0 Å². The van der Waals surface area contributed by atoms with E-state index >= 15 is 0 Å². The molecule has 1 aliphatic heterocycles. The van der Waals surface area contributed by atoms with Crippen LogP contribution in [0.2, 0.25) is 0 Å². The molecule has 1 heterocycles. The Kier molecular flexibility index (Phi) is 2.86. The van der Waals surface area contributed by atoms with Crippen LogP contribution in [0.1, 0.15) is 35.6 Å². The molecule has 0 saturated carbocycles. The zero-order valence-corrected chi connectivity index (χ0v) is 11.1. The molecule has 1 amide bonds. The van der Waals surface area contributed by atoms with Gasteiger partial charge in [-0.05, 0) is 42.9 Å². The van der Waals surface area contributed by atoms with E-state index in [-0.39, 0.29) is 11.9 Å². The average molecular weight is 244 g/mol. The highest BCUT2D eigenvalue weighted by atomic mass is 16.2. The Morgan fingerprint density at radius 3 is 2.83 bits per heavy atom. The molecule has 1 N–H and O–H groups in total. The second-order valence-corrected chi connectivity index (χ2v) is 5.50. The van der Waals surface area contributed by atoms with E-state index in [1.807, 2.05) is 11.9 Å². The minimum absolute atomic E-state index is 0.0199. The molecule has 2 atom stereocenters. The first-order valence-electron chi connectivity index (χ1n) is 6.76. The van der Waals surface area contributed by atoms with Gasteiger partial charge < -0.3 is 4.90 Å². The fraction of sp³-hybridized carbons (Fsp3) is 0.533. The highest BCUT2D eigenvalue weighted by Gasteiger charge is 2.33. The van der Waals surface area contributed by atoms with Crippen molar-refractivity contribution in [1.82, 2.24) is 10.2 Å². The summed E-state index contributed by atoms with van der Waals surface area (Å²) in [6.07, 6.45) is 3.19. The summed E-state index contributed by atoms with van der Waals surface area (Å²) in [6, 6.07) is 6.88. The molecular weight excluding hydrogens is 224 g/mol. The predicted octanol–water partition coefficient (Wildman–Crippen LogP) is 1.80. The van der Waals surface area contributed by atoms with Gasteiger partial charge in [-0.1, -0.05) is 18.2 Å². The summed E-state index contributed by atoms with van der Waals surface area (Å²) in [5, 5.41) is 3.55. The first kappa shape index (κ1) is 11.7.